The fourth-order valence-corrected chi connectivity index (χ4v) is 5.75. The van der Waals surface area contributed by atoms with Gasteiger partial charge in [-0.1, -0.05) is 72.8 Å². The summed E-state index contributed by atoms with van der Waals surface area (Å²) in [6.07, 6.45) is 3.19. The molecule has 6 aromatic rings. The average molecular weight is 629 g/mol. The molecule has 0 amide bonds. The van der Waals surface area contributed by atoms with E-state index in [2.05, 4.69) is 9.88 Å². The molecule has 0 saturated heterocycles. The first-order chi connectivity index (χ1) is 22.9. The topological polar surface area (TPSA) is 108 Å². The van der Waals surface area contributed by atoms with E-state index in [1.54, 1.807) is 6.07 Å². The van der Waals surface area contributed by atoms with Crippen molar-refractivity contribution in [1.82, 2.24) is 29.1 Å². The molecule has 0 radical (unpaired) electrons. The van der Waals surface area contributed by atoms with E-state index in [1.807, 2.05) is 138 Å². The van der Waals surface area contributed by atoms with Crippen molar-refractivity contribution < 1.29 is 10.2 Å². The summed E-state index contributed by atoms with van der Waals surface area (Å²) >= 11 is 0. The van der Waals surface area contributed by atoms with Crippen molar-refractivity contribution in [3.05, 3.63) is 132 Å². The Morgan fingerprint density at radius 2 is 1.06 bits per heavy atom. The number of aromatic nitrogens is 6. The molecule has 0 aliphatic carbocycles. The van der Waals surface area contributed by atoms with E-state index in [0.29, 0.717) is 25.3 Å². The number of hydrogen-bond donors (Lipinski definition) is 2. The van der Waals surface area contributed by atoms with Crippen molar-refractivity contribution >= 4 is 11.6 Å². The zero-order valence-corrected chi connectivity index (χ0v) is 27.0. The Kier molecular flexibility index (Phi) is 9.70. The monoisotopic (exact) mass is 628 g/mol. The summed E-state index contributed by atoms with van der Waals surface area (Å²) in [5.41, 5.74) is 5.21. The van der Waals surface area contributed by atoms with Crippen molar-refractivity contribution in [2.75, 3.05) is 22.9 Å². The third-order valence-corrected chi connectivity index (χ3v) is 7.98. The molecule has 2 aromatic carbocycles. The van der Waals surface area contributed by atoms with Crippen LogP contribution in [0.25, 0.3) is 22.8 Å². The highest BCUT2D eigenvalue weighted by Gasteiger charge is 2.23. The second-order valence-corrected chi connectivity index (χ2v) is 11.8. The maximum atomic E-state index is 11.8. The molecule has 4 aromatic heterocycles. The molecular formula is C37H40N8O2. The molecule has 47 heavy (non-hydrogen) atoms. The molecule has 4 heterocycles. The maximum Gasteiger partial charge on any atom is 0.147 e. The summed E-state index contributed by atoms with van der Waals surface area (Å²) in [7, 11) is 3.96. The molecule has 6 rings (SSSR count). The van der Waals surface area contributed by atoms with Crippen LogP contribution in [0.2, 0.25) is 0 Å². The minimum absolute atomic E-state index is 0.144. The number of nitrogens with zero attached hydrogens (tertiary/aromatic N) is 8. The van der Waals surface area contributed by atoms with Gasteiger partial charge in [0.05, 0.1) is 42.9 Å². The highest BCUT2D eigenvalue weighted by Crippen LogP contribution is 2.26. The van der Waals surface area contributed by atoms with Crippen LogP contribution in [0.5, 0.6) is 0 Å². The third kappa shape index (κ3) is 7.74. The van der Waals surface area contributed by atoms with Gasteiger partial charge in [0, 0.05) is 56.4 Å². The Balaban J connectivity index is 1.30. The van der Waals surface area contributed by atoms with Gasteiger partial charge in [-0.25, -0.2) is 9.97 Å². The van der Waals surface area contributed by atoms with Gasteiger partial charge in [0.15, 0.2) is 0 Å². The average Bonchev–Trinajstić information content (AvgIpc) is 3.67. The predicted octanol–water partition coefficient (Wildman–Crippen LogP) is 5.15. The summed E-state index contributed by atoms with van der Waals surface area (Å²) in [6.45, 7) is 3.30. The molecule has 0 saturated carbocycles. The molecule has 1 unspecified atom stereocenters. The van der Waals surface area contributed by atoms with Crippen LogP contribution >= 0.6 is 0 Å². The minimum atomic E-state index is -0.787. The normalized spacial score (nSPS) is 11.9. The molecule has 240 valence electrons. The van der Waals surface area contributed by atoms with E-state index in [0.717, 1.165) is 51.5 Å². The molecule has 0 aliphatic heterocycles. The second kappa shape index (κ2) is 14.4. The molecule has 10 heteroatoms. The molecular weight excluding hydrogens is 588 g/mol. The zero-order valence-electron chi connectivity index (χ0n) is 27.0. The van der Waals surface area contributed by atoms with Crippen molar-refractivity contribution in [3.8, 4) is 22.8 Å². The van der Waals surface area contributed by atoms with Gasteiger partial charge in [-0.3, -0.25) is 9.97 Å². The quantitative estimate of drug-likeness (QED) is 0.181. The smallest absolute Gasteiger partial charge is 0.147 e. The fraction of sp³-hybridized carbons (Fsp3) is 0.243. The predicted molar refractivity (Wildman–Crippen MR) is 185 cm³/mol. The Morgan fingerprint density at radius 3 is 1.55 bits per heavy atom. The summed E-state index contributed by atoms with van der Waals surface area (Å²) in [4.78, 5) is 23.5. The largest absolute Gasteiger partial charge is 0.390 e. The number of anilines is 2. The number of hydrogen-bond acceptors (Lipinski definition) is 8. The number of aliphatic hydroxyl groups is 2. The molecule has 1 atom stereocenters. The van der Waals surface area contributed by atoms with Crippen molar-refractivity contribution in [3.63, 3.8) is 0 Å². The van der Waals surface area contributed by atoms with E-state index in [1.165, 1.54) is 0 Å². The number of benzene rings is 2. The first-order valence-electron chi connectivity index (χ1n) is 15.7. The van der Waals surface area contributed by atoms with E-state index in [9.17, 15) is 10.2 Å². The SMILES string of the molecule is Cc1cccc(CN(CC(O)CN(Cc2cccc(CO)n2)c2cn(C)c(-c3ccccc3)n2)c2cn(C)c(-c3ccccc3)n2)n1. The molecule has 0 aliphatic rings. The number of imidazole rings is 2. The Morgan fingerprint density at radius 1 is 0.596 bits per heavy atom. The van der Waals surface area contributed by atoms with Crippen LogP contribution < -0.4 is 9.80 Å². The molecule has 10 nitrogen and oxygen atoms in total. The minimum Gasteiger partial charge on any atom is -0.390 e. The van der Waals surface area contributed by atoms with Crippen LogP contribution in [0.15, 0.2) is 109 Å². The lowest BCUT2D eigenvalue weighted by molar-refractivity contribution is 0.183. The van der Waals surface area contributed by atoms with Gasteiger partial charge in [0.25, 0.3) is 0 Å². The van der Waals surface area contributed by atoms with E-state index < -0.39 is 6.10 Å². The lowest BCUT2D eigenvalue weighted by Gasteiger charge is -2.29. The number of rotatable bonds is 13. The first kappa shape index (κ1) is 31.7. The van der Waals surface area contributed by atoms with Crippen LogP contribution in [-0.4, -0.2) is 58.5 Å². The Bertz CT molecular complexity index is 1900. The molecule has 0 fully saturated rings. The van der Waals surface area contributed by atoms with Gasteiger partial charge in [-0.15, -0.1) is 0 Å². The van der Waals surface area contributed by atoms with Crippen molar-refractivity contribution in [1.29, 1.82) is 0 Å². The number of pyridine rings is 2. The third-order valence-electron chi connectivity index (χ3n) is 7.98. The van der Waals surface area contributed by atoms with Gasteiger partial charge in [0.1, 0.15) is 23.3 Å². The van der Waals surface area contributed by atoms with E-state index >= 15 is 0 Å². The van der Waals surface area contributed by atoms with Crippen LogP contribution in [0.4, 0.5) is 11.6 Å². The van der Waals surface area contributed by atoms with Gasteiger partial charge >= 0.3 is 0 Å². The van der Waals surface area contributed by atoms with Crippen LogP contribution in [0.1, 0.15) is 22.8 Å². The van der Waals surface area contributed by atoms with E-state index in [-0.39, 0.29) is 13.2 Å². The zero-order chi connectivity index (χ0) is 32.8. The van der Waals surface area contributed by atoms with Crippen molar-refractivity contribution in [2.24, 2.45) is 14.1 Å². The Labute approximate surface area is 275 Å². The van der Waals surface area contributed by atoms with E-state index in [4.69, 9.17) is 15.0 Å². The van der Waals surface area contributed by atoms with Crippen LogP contribution in [0.3, 0.4) is 0 Å². The molecule has 0 bridgehead atoms. The van der Waals surface area contributed by atoms with Gasteiger partial charge < -0.3 is 29.1 Å². The van der Waals surface area contributed by atoms with Crippen LogP contribution in [-0.2, 0) is 33.8 Å². The summed E-state index contributed by atoms with van der Waals surface area (Å²) in [5, 5.41) is 21.5. The Hall–Kier alpha value is -5.32. The number of aryl methyl sites for hydroxylation is 3. The van der Waals surface area contributed by atoms with Gasteiger partial charge in [-0.05, 0) is 31.2 Å². The first-order valence-corrected chi connectivity index (χ1v) is 15.7. The lowest BCUT2D eigenvalue weighted by atomic mass is 10.2. The highest BCUT2D eigenvalue weighted by molar-refractivity contribution is 5.60. The second-order valence-electron chi connectivity index (χ2n) is 11.8. The van der Waals surface area contributed by atoms with Crippen molar-refractivity contribution in [2.45, 2.75) is 32.7 Å². The summed E-state index contributed by atoms with van der Waals surface area (Å²) < 4.78 is 4.01. The van der Waals surface area contributed by atoms with Gasteiger partial charge in [0.2, 0.25) is 0 Å². The van der Waals surface area contributed by atoms with Crippen LogP contribution in [0, 0.1) is 6.92 Å². The summed E-state index contributed by atoms with van der Waals surface area (Å²) in [6, 6.07) is 31.7. The maximum absolute atomic E-state index is 11.8. The standard InChI is InChI=1S/C37H40N8O2/c1-27-12-10-17-30(38-27)20-44(34-24-42(2)36(40-34)28-13-6-4-7-14-28)22-33(47)23-45(21-31-18-11-19-32(26-46)39-31)35-25-43(3)37(41-35)29-15-8-5-9-16-29/h4-19,24-25,33,46-47H,20-23,26H2,1-3H3. The van der Waals surface area contributed by atoms with Gasteiger partial charge in [-0.2, -0.15) is 0 Å². The fourth-order valence-electron chi connectivity index (χ4n) is 5.75. The summed E-state index contributed by atoms with van der Waals surface area (Å²) in [5.74, 6) is 3.14. The lowest BCUT2D eigenvalue weighted by Crippen LogP contribution is -2.40. The molecule has 0 spiro atoms. The highest BCUT2D eigenvalue weighted by atomic mass is 16.3. The number of aliphatic hydroxyl groups excluding tert-OH is 2. The molecule has 2 N–H and O–H groups in total.